The molecule has 0 aromatic heterocycles. The molecule has 0 heterocycles. The molecule has 24 heavy (non-hydrogen) atoms. The maximum absolute atomic E-state index is 12.1. The van der Waals surface area contributed by atoms with Crippen molar-refractivity contribution in [1.29, 1.82) is 0 Å². The Labute approximate surface area is 138 Å². The van der Waals surface area contributed by atoms with E-state index in [9.17, 15) is 24.9 Å². The van der Waals surface area contributed by atoms with Crippen molar-refractivity contribution < 1.29 is 30.1 Å². The molecule has 0 aliphatic heterocycles. The topological polar surface area (TPSA) is 118 Å². The highest BCUT2D eigenvalue weighted by atomic mass is 16.5. The van der Waals surface area contributed by atoms with Gasteiger partial charge < -0.3 is 15.3 Å². The Balaban J connectivity index is 2.54. The number of phenols is 2. The third-order valence-corrected chi connectivity index (χ3v) is 3.63. The van der Waals surface area contributed by atoms with Gasteiger partial charge >= 0.3 is 5.91 Å². The Bertz CT molecular complexity index is 759. The number of amides is 1. The van der Waals surface area contributed by atoms with Crippen LogP contribution in [0.25, 0.3) is 0 Å². The van der Waals surface area contributed by atoms with Crippen LogP contribution in [0.5, 0.6) is 11.5 Å². The zero-order valence-electron chi connectivity index (χ0n) is 12.9. The molecule has 1 amide bonds. The molecule has 2 aromatic rings. The Morgan fingerprint density at radius 3 is 2.25 bits per heavy atom. The molecule has 0 spiro atoms. The van der Waals surface area contributed by atoms with Crippen LogP contribution in [0.4, 0.5) is 0 Å². The van der Waals surface area contributed by atoms with Gasteiger partial charge in [-0.15, -0.1) is 0 Å². The van der Waals surface area contributed by atoms with Crippen molar-refractivity contribution in [3.8, 4) is 11.5 Å². The quantitative estimate of drug-likeness (QED) is 0.371. The average Bonchev–Trinajstić information content (AvgIpc) is 2.54. The number of hydrogen-bond acceptors (Lipinski definition) is 6. The monoisotopic (exact) mass is 331 g/mol. The number of rotatable bonds is 5. The van der Waals surface area contributed by atoms with E-state index in [0.717, 1.165) is 13.1 Å². The van der Waals surface area contributed by atoms with Gasteiger partial charge in [0.1, 0.15) is 17.1 Å². The molecule has 2 aromatic carbocycles. The molecule has 0 saturated carbocycles. The summed E-state index contributed by atoms with van der Waals surface area (Å²) in [6, 6.07) is 11.6. The lowest BCUT2D eigenvalue weighted by molar-refractivity contribution is -0.166. The summed E-state index contributed by atoms with van der Waals surface area (Å²) in [6.45, 7) is 0. The van der Waals surface area contributed by atoms with Crippen LogP contribution in [-0.2, 0) is 15.2 Å². The predicted octanol–water partition coefficient (Wildman–Crippen LogP) is 1.14. The van der Waals surface area contributed by atoms with E-state index in [1.807, 2.05) is 0 Å². The van der Waals surface area contributed by atoms with Gasteiger partial charge in [-0.2, -0.15) is 0 Å². The van der Waals surface area contributed by atoms with Crippen molar-refractivity contribution in [3.63, 3.8) is 0 Å². The first kappa shape index (κ1) is 17.5. The molecule has 1 atom stereocenters. The summed E-state index contributed by atoms with van der Waals surface area (Å²) in [5, 5.41) is 39.8. The van der Waals surface area contributed by atoms with E-state index in [2.05, 4.69) is 0 Å². The smallest absolute Gasteiger partial charge is 0.313 e. The van der Waals surface area contributed by atoms with E-state index in [0.29, 0.717) is 0 Å². The molecule has 7 heteroatoms. The minimum absolute atomic E-state index is 0.0479. The lowest BCUT2D eigenvalue weighted by Crippen LogP contribution is -2.37. The molecule has 0 aliphatic carbocycles. The fourth-order valence-corrected chi connectivity index (χ4v) is 2.42. The number of benzene rings is 2. The predicted molar refractivity (Wildman–Crippen MR) is 83.4 cm³/mol. The second-order valence-electron chi connectivity index (χ2n) is 5.36. The molecular formula is C17H17NO6. The van der Waals surface area contributed by atoms with Gasteiger partial charge in [-0.1, -0.05) is 30.3 Å². The lowest BCUT2D eigenvalue weighted by Gasteiger charge is -2.29. The molecule has 4 N–H and O–H groups in total. The minimum atomic E-state index is -2.01. The number of carbonyl (C=O) groups excluding carboxylic acids is 2. The van der Waals surface area contributed by atoms with Gasteiger partial charge in [-0.05, 0) is 17.7 Å². The highest BCUT2D eigenvalue weighted by Crippen LogP contribution is 2.39. The van der Waals surface area contributed by atoms with Crippen molar-refractivity contribution in [1.82, 2.24) is 5.06 Å². The van der Waals surface area contributed by atoms with Gasteiger partial charge in [-0.25, -0.2) is 5.06 Å². The van der Waals surface area contributed by atoms with Crippen LogP contribution < -0.4 is 0 Å². The number of carbonyl (C=O) groups is 2. The number of aromatic hydroxyl groups is 2. The fraction of sp³-hybridized carbons (Fsp3) is 0.176. The maximum atomic E-state index is 12.1. The van der Waals surface area contributed by atoms with Gasteiger partial charge in [0.25, 0.3) is 0 Å². The molecule has 0 radical (unpaired) electrons. The van der Waals surface area contributed by atoms with Gasteiger partial charge in [-0.3, -0.25) is 14.8 Å². The van der Waals surface area contributed by atoms with E-state index in [4.69, 9.17) is 5.21 Å². The first-order valence-corrected chi connectivity index (χ1v) is 7.06. The maximum Gasteiger partial charge on any atom is 0.313 e. The highest BCUT2D eigenvalue weighted by Gasteiger charge is 2.38. The van der Waals surface area contributed by atoms with Gasteiger partial charge in [0.05, 0.1) is 6.42 Å². The van der Waals surface area contributed by atoms with Crippen LogP contribution in [0.3, 0.4) is 0 Å². The standard InChI is InChI=1S/C17H17NO6/c1-18(24)16(22)15(21)10-17(23,11-5-3-2-4-6-11)13-8-7-12(19)9-14(13)20/h2-9,19-20,23-24H,10H2,1H3. The summed E-state index contributed by atoms with van der Waals surface area (Å²) in [6.07, 6.45) is -0.695. The Hall–Kier alpha value is -2.90. The summed E-state index contributed by atoms with van der Waals surface area (Å²) in [4.78, 5) is 23.7. The number of phenolic OH excluding ortho intramolecular Hbond substituents is 2. The first-order chi connectivity index (χ1) is 11.3. The van der Waals surface area contributed by atoms with Gasteiger partial charge in [0.15, 0.2) is 0 Å². The molecule has 0 bridgehead atoms. The van der Waals surface area contributed by atoms with Crippen LogP contribution >= 0.6 is 0 Å². The van der Waals surface area contributed by atoms with Crippen LogP contribution in [-0.4, -0.2) is 44.3 Å². The average molecular weight is 331 g/mol. The third kappa shape index (κ3) is 3.37. The van der Waals surface area contributed by atoms with E-state index in [1.165, 1.54) is 24.3 Å². The van der Waals surface area contributed by atoms with Gasteiger partial charge in [0, 0.05) is 18.7 Å². The number of aliphatic hydroxyl groups is 1. The zero-order valence-corrected chi connectivity index (χ0v) is 12.9. The Kier molecular flexibility index (Phi) is 4.87. The van der Waals surface area contributed by atoms with E-state index >= 15 is 0 Å². The fourth-order valence-electron chi connectivity index (χ4n) is 2.42. The molecule has 7 nitrogen and oxygen atoms in total. The number of ketones is 1. The van der Waals surface area contributed by atoms with Crippen LogP contribution in [0, 0.1) is 0 Å². The number of Topliss-reactive ketones (excluding diaryl/α,β-unsaturated/α-hetero) is 1. The van der Waals surface area contributed by atoms with Crippen molar-refractivity contribution >= 4 is 11.7 Å². The Morgan fingerprint density at radius 1 is 1.08 bits per heavy atom. The number of nitrogens with zero attached hydrogens (tertiary/aromatic N) is 1. The summed E-state index contributed by atoms with van der Waals surface area (Å²) in [7, 11) is 1.000. The van der Waals surface area contributed by atoms with E-state index in [1.54, 1.807) is 18.2 Å². The molecule has 2 rings (SSSR count). The second kappa shape index (κ2) is 6.69. The SMILES string of the molecule is CN(O)C(=O)C(=O)CC(O)(c1ccccc1)c1ccc(O)cc1O. The third-order valence-electron chi connectivity index (χ3n) is 3.63. The molecular weight excluding hydrogens is 314 g/mol. The van der Waals surface area contributed by atoms with Crippen molar-refractivity contribution in [3.05, 3.63) is 59.7 Å². The lowest BCUT2D eigenvalue weighted by atomic mass is 9.81. The number of hydroxylamine groups is 2. The van der Waals surface area contributed by atoms with E-state index < -0.39 is 29.5 Å². The van der Waals surface area contributed by atoms with Crippen LogP contribution in [0.2, 0.25) is 0 Å². The first-order valence-electron chi connectivity index (χ1n) is 7.06. The van der Waals surface area contributed by atoms with Crippen molar-refractivity contribution in [2.75, 3.05) is 7.05 Å². The van der Waals surface area contributed by atoms with Crippen LogP contribution in [0.1, 0.15) is 17.5 Å². The molecule has 0 fully saturated rings. The largest absolute Gasteiger partial charge is 0.508 e. The Morgan fingerprint density at radius 2 is 1.71 bits per heavy atom. The van der Waals surface area contributed by atoms with Crippen molar-refractivity contribution in [2.24, 2.45) is 0 Å². The molecule has 0 saturated heterocycles. The second-order valence-corrected chi connectivity index (χ2v) is 5.36. The van der Waals surface area contributed by atoms with Crippen molar-refractivity contribution in [2.45, 2.75) is 12.0 Å². The normalized spacial score (nSPS) is 13.1. The minimum Gasteiger partial charge on any atom is -0.508 e. The summed E-state index contributed by atoms with van der Waals surface area (Å²) < 4.78 is 0. The summed E-state index contributed by atoms with van der Waals surface area (Å²) in [5.41, 5.74) is -1.79. The molecule has 0 aliphatic rings. The number of hydrogen-bond donors (Lipinski definition) is 4. The van der Waals surface area contributed by atoms with E-state index in [-0.39, 0.29) is 21.9 Å². The van der Waals surface area contributed by atoms with Crippen LogP contribution in [0.15, 0.2) is 48.5 Å². The number of likely N-dealkylation sites (N-methyl/N-ethyl adjacent to an activating group) is 1. The highest BCUT2D eigenvalue weighted by molar-refractivity contribution is 6.35. The molecule has 1 unspecified atom stereocenters. The summed E-state index contributed by atoms with van der Waals surface area (Å²) in [5.74, 6) is -2.88. The van der Waals surface area contributed by atoms with Gasteiger partial charge in [0.2, 0.25) is 5.78 Å². The zero-order chi connectivity index (χ0) is 17.9. The summed E-state index contributed by atoms with van der Waals surface area (Å²) >= 11 is 0. The molecule has 126 valence electrons.